The first-order valence-corrected chi connectivity index (χ1v) is 4.79. The molecule has 0 aliphatic heterocycles. The molecule has 0 saturated carbocycles. The molecule has 8 nitrogen and oxygen atoms in total. The van der Waals surface area contributed by atoms with E-state index in [2.05, 4.69) is 0 Å². The zero-order chi connectivity index (χ0) is 15.4. The lowest BCUT2D eigenvalue weighted by molar-refractivity contribution is -0.145. The Balaban J connectivity index is 0. The molecule has 5 N–H and O–H groups in total. The molecule has 19 heavy (non-hydrogen) atoms. The molecule has 0 aliphatic carbocycles. The highest BCUT2D eigenvalue weighted by Gasteiger charge is 2.01. The average molecular weight is 274 g/mol. The van der Waals surface area contributed by atoms with Crippen molar-refractivity contribution in [3.8, 4) is 0 Å². The van der Waals surface area contributed by atoms with Crippen molar-refractivity contribution < 1.29 is 39.9 Å². The van der Waals surface area contributed by atoms with Gasteiger partial charge in [-0.15, -0.1) is 0 Å². The van der Waals surface area contributed by atoms with Gasteiger partial charge in [-0.25, -0.2) is 14.4 Å². The van der Waals surface area contributed by atoms with E-state index in [9.17, 15) is 9.59 Å². The Bertz CT molecular complexity index is 394. The van der Waals surface area contributed by atoms with Gasteiger partial charge in [0.1, 0.15) is 6.10 Å². The molecule has 1 atom stereocenters. The minimum Gasteiger partial charge on any atom is -0.479 e. The first kappa shape index (κ1) is 18.7. The number of hydrogen-bond donors (Lipinski definition) is 5. The minimum atomic E-state index is -1.83. The van der Waals surface area contributed by atoms with Crippen molar-refractivity contribution in [1.82, 2.24) is 0 Å². The molecular formula is C11H14O8. The van der Waals surface area contributed by atoms with Crippen LogP contribution in [0, 0.1) is 0 Å². The number of rotatable bonds is 2. The van der Waals surface area contributed by atoms with Crippen LogP contribution in [0.15, 0.2) is 30.3 Å². The van der Waals surface area contributed by atoms with E-state index < -0.39 is 24.2 Å². The third-order valence-corrected chi connectivity index (χ3v) is 1.38. The smallest absolute Gasteiger partial charge is 0.479 e. The third-order valence-electron chi connectivity index (χ3n) is 1.38. The molecule has 106 valence electrons. The van der Waals surface area contributed by atoms with Crippen LogP contribution in [-0.2, 0) is 4.79 Å². The first-order chi connectivity index (χ1) is 8.68. The van der Waals surface area contributed by atoms with Crippen LogP contribution in [0.4, 0.5) is 4.79 Å². The van der Waals surface area contributed by atoms with Crippen molar-refractivity contribution in [3.05, 3.63) is 35.9 Å². The summed E-state index contributed by atoms with van der Waals surface area (Å²) in [5.74, 6) is -2.06. The Kier molecular flexibility index (Phi) is 10.4. The summed E-state index contributed by atoms with van der Waals surface area (Å²) in [6, 6.07) is 8.30. The fourth-order valence-electron chi connectivity index (χ4n) is 0.581. The Labute approximate surface area is 108 Å². The van der Waals surface area contributed by atoms with Crippen LogP contribution < -0.4 is 0 Å². The Morgan fingerprint density at radius 2 is 1.26 bits per heavy atom. The molecule has 0 saturated heterocycles. The molecule has 0 fully saturated rings. The molecule has 0 aliphatic rings. The summed E-state index contributed by atoms with van der Waals surface area (Å²) in [4.78, 5) is 28.2. The zero-order valence-electron chi connectivity index (χ0n) is 9.92. The summed E-state index contributed by atoms with van der Waals surface area (Å²) in [7, 11) is 0. The molecule has 1 aromatic carbocycles. The predicted octanol–water partition coefficient (Wildman–Crippen LogP) is 1.06. The fourth-order valence-corrected chi connectivity index (χ4v) is 0.581. The molecule has 0 spiro atoms. The second kappa shape index (κ2) is 10.5. The van der Waals surface area contributed by atoms with Crippen molar-refractivity contribution in [2.24, 2.45) is 0 Å². The number of hydrogen-bond acceptors (Lipinski definition) is 4. The maximum Gasteiger partial charge on any atom is 0.503 e. The summed E-state index contributed by atoms with van der Waals surface area (Å²) in [5, 5.41) is 38.1. The highest BCUT2D eigenvalue weighted by Crippen LogP contribution is 1.96. The van der Waals surface area contributed by atoms with E-state index in [0.29, 0.717) is 5.56 Å². The minimum absolute atomic E-state index is 0.331. The van der Waals surface area contributed by atoms with Gasteiger partial charge in [-0.2, -0.15) is 0 Å². The van der Waals surface area contributed by atoms with E-state index in [-0.39, 0.29) is 0 Å². The van der Waals surface area contributed by atoms with Crippen LogP contribution in [0.1, 0.15) is 17.3 Å². The lowest BCUT2D eigenvalue weighted by Crippen LogP contribution is -2.13. The second-order valence-electron chi connectivity index (χ2n) is 2.97. The van der Waals surface area contributed by atoms with Gasteiger partial charge in [0.15, 0.2) is 0 Å². The monoisotopic (exact) mass is 274 g/mol. The lowest BCUT2D eigenvalue weighted by atomic mass is 10.2. The third kappa shape index (κ3) is 15.4. The number of aliphatic hydroxyl groups excluding tert-OH is 1. The average Bonchev–Trinajstić information content (AvgIpc) is 2.30. The van der Waals surface area contributed by atoms with Crippen LogP contribution in [0.25, 0.3) is 0 Å². The summed E-state index contributed by atoms with van der Waals surface area (Å²) < 4.78 is 0. The first-order valence-electron chi connectivity index (χ1n) is 4.79. The van der Waals surface area contributed by atoms with Crippen LogP contribution in [0.5, 0.6) is 0 Å². The predicted molar refractivity (Wildman–Crippen MR) is 63.4 cm³/mol. The van der Waals surface area contributed by atoms with Crippen LogP contribution >= 0.6 is 0 Å². The largest absolute Gasteiger partial charge is 0.503 e. The number of benzene rings is 1. The van der Waals surface area contributed by atoms with E-state index in [1.807, 2.05) is 0 Å². The SMILES string of the molecule is CC(O)C(=O)O.O=C(O)O.O=C(O)c1ccccc1. The van der Waals surface area contributed by atoms with Gasteiger partial charge in [0, 0.05) is 0 Å². The van der Waals surface area contributed by atoms with Crippen molar-refractivity contribution >= 4 is 18.1 Å². The van der Waals surface area contributed by atoms with Gasteiger partial charge in [0.05, 0.1) is 5.56 Å². The van der Waals surface area contributed by atoms with E-state index >= 15 is 0 Å². The van der Waals surface area contributed by atoms with Crippen molar-refractivity contribution in [2.45, 2.75) is 13.0 Å². The van der Waals surface area contributed by atoms with E-state index in [4.69, 9.17) is 30.3 Å². The number of carboxylic acids is 2. The number of aliphatic hydroxyl groups is 1. The highest BCUT2D eigenvalue weighted by molar-refractivity contribution is 5.87. The normalized spacial score (nSPS) is 9.79. The van der Waals surface area contributed by atoms with E-state index in [1.54, 1.807) is 30.3 Å². The molecule has 0 heterocycles. The maximum absolute atomic E-state index is 10.2. The summed E-state index contributed by atoms with van der Waals surface area (Å²) in [6.07, 6.45) is -3.06. The van der Waals surface area contributed by atoms with E-state index in [0.717, 1.165) is 0 Å². The van der Waals surface area contributed by atoms with Crippen molar-refractivity contribution in [2.75, 3.05) is 0 Å². The summed E-state index contributed by atoms with van der Waals surface area (Å²) in [6.45, 7) is 1.20. The van der Waals surface area contributed by atoms with Crippen LogP contribution in [-0.4, -0.2) is 49.7 Å². The number of carbonyl (C=O) groups is 3. The van der Waals surface area contributed by atoms with Gasteiger partial charge in [-0.3, -0.25) is 0 Å². The van der Waals surface area contributed by atoms with Gasteiger partial charge < -0.3 is 25.5 Å². The Morgan fingerprint density at radius 3 is 1.42 bits per heavy atom. The zero-order valence-corrected chi connectivity index (χ0v) is 9.92. The number of carboxylic acid groups (broad SMARTS) is 4. The topological polar surface area (TPSA) is 152 Å². The summed E-state index contributed by atoms with van der Waals surface area (Å²) >= 11 is 0. The molecule has 1 rings (SSSR count). The quantitative estimate of drug-likeness (QED) is 0.536. The molecule has 0 bridgehead atoms. The molecule has 0 amide bonds. The molecule has 1 unspecified atom stereocenters. The molecular weight excluding hydrogens is 260 g/mol. The number of aliphatic carboxylic acids is 1. The van der Waals surface area contributed by atoms with Crippen molar-refractivity contribution in [1.29, 1.82) is 0 Å². The van der Waals surface area contributed by atoms with E-state index in [1.165, 1.54) is 6.92 Å². The molecule has 0 radical (unpaired) electrons. The maximum atomic E-state index is 10.2. The number of aromatic carboxylic acids is 1. The fraction of sp³-hybridized carbons (Fsp3) is 0.182. The molecule has 8 heteroatoms. The highest BCUT2D eigenvalue weighted by atomic mass is 16.6. The van der Waals surface area contributed by atoms with Crippen LogP contribution in [0.2, 0.25) is 0 Å². The van der Waals surface area contributed by atoms with Gasteiger partial charge in [-0.1, -0.05) is 18.2 Å². The van der Waals surface area contributed by atoms with Gasteiger partial charge >= 0.3 is 18.1 Å². The Hall–Kier alpha value is -2.61. The van der Waals surface area contributed by atoms with Gasteiger partial charge in [0.2, 0.25) is 0 Å². The van der Waals surface area contributed by atoms with Gasteiger partial charge in [0.25, 0.3) is 0 Å². The van der Waals surface area contributed by atoms with Crippen LogP contribution in [0.3, 0.4) is 0 Å². The lowest BCUT2D eigenvalue weighted by Gasteiger charge is -1.89. The second-order valence-corrected chi connectivity index (χ2v) is 2.97. The van der Waals surface area contributed by atoms with Crippen molar-refractivity contribution in [3.63, 3.8) is 0 Å². The Morgan fingerprint density at radius 1 is 0.947 bits per heavy atom. The molecule has 0 aromatic heterocycles. The molecule has 1 aromatic rings. The van der Waals surface area contributed by atoms with Gasteiger partial charge in [-0.05, 0) is 19.1 Å². The standard InChI is InChI=1S/C7H6O2.C3H6O3.CH2O3/c8-7(9)6-4-2-1-3-5-6;1-2(4)3(5)6;2-1(3)4/h1-5H,(H,8,9);2,4H,1H3,(H,5,6);(H2,2,3,4). The summed E-state index contributed by atoms with van der Waals surface area (Å²) in [5.41, 5.74) is 0.331.